The third-order valence-corrected chi connectivity index (χ3v) is 5.07. The van der Waals surface area contributed by atoms with Crippen molar-refractivity contribution in [2.24, 2.45) is 0 Å². The number of anilines is 1. The van der Waals surface area contributed by atoms with Gasteiger partial charge in [-0.3, -0.25) is 14.5 Å². The first-order valence-electron chi connectivity index (χ1n) is 9.26. The van der Waals surface area contributed by atoms with E-state index in [0.29, 0.717) is 5.69 Å². The first-order valence-corrected chi connectivity index (χ1v) is 9.26. The van der Waals surface area contributed by atoms with Crippen molar-refractivity contribution >= 4 is 23.1 Å². The number of Topliss-reactive ketones (excluding diaryl/α,β-unsaturated/α-hetero) is 1. The van der Waals surface area contributed by atoms with Gasteiger partial charge in [0.15, 0.2) is 0 Å². The summed E-state index contributed by atoms with van der Waals surface area (Å²) >= 11 is 0. The van der Waals surface area contributed by atoms with Crippen molar-refractivity contribution in [1.29, 1.82) is 0 Å². The summed E-state index contributed by atoms with van der Waals surface area (Å²) in [4.78, 5) is 27.0. The first-order chi connectivity index (χ1) is 14.4. The number of ketones is 1. The molecule has 1 N–H and O–H groups in total. The number of aliphatic hydroxyl groups excluding tert-OH is 1. The number of benzene rings is 3. The molecule has 30 heavy (non-hydrogen) atoms. The highest BCUT2D eigenvalue weighted by atomic mass is 19.1. The number of nitrogens with zero attached hydrogens (tertiary/aromatic N) is 1. The molecule has 1 saturated heterocycles. The van der Waals surface area contributed by atoms with Gasteiger partial charge in [-0.1, -0.05) is 35.9 Å². The summed E-state index contributed by atoms with van der Waals surface area (Å²) in [5, 5.41) is 10.9. The Labute approximate surface area is 171 Å². The molecular formula is C24H17F2NO3. The average Bonchev–Trinajstić information content (AvgIpc) is 3.00. The van der Waals surface area contributed by atoms with Gasteiger partial charge in [0.2, 0.25) is 0 Å². The van der Waals surface area contributed by atoms with Gasteiger partial charge in [-0.05, 0) is 49.4 Å². The minimum atomic E-state index is -1.17. The van der Waals surface area contributed by atoms with E-state index in [1.165, 1.54) is 35.2 Å². The molecular weight excluding hydrogens is 388 g/mol. The second kappa shape index (κ2) is 7.55. The smallest absolute Gasteiger partial charge is 0.300 e. The Balaban J connectivity index is 1.96. The molecule has 1 heterocycles. The second-order valence-electron chi connectivity index (χ2n) is 7.03. The van der Waals surface area contributed by atoms with E-state index < -0.39 is 35.1 Å². The molecule has 150 valence electrons. The number of hydrogen-bond donors (Lipinski definition) is 1. The highest BCUT2D eigenvalue weighted by Crippen LogP contribution is 2.42. The van der Waals surface area contributed by atoms with Crippen LogP contribution in [0.1, 0.15) is 22.7 Å². The van der Waals surface area contributed by atoms with Gasteiger partial charge in [0.05, 0.1) is 11.6 Å². The van der Waals surface area contributed by atoms with Crippen molar-refractivity contribution in [2.75, 3.05) is 4.90 Å². The molecule has 3 aromatic rings. The molecule has 1 unspecified atom stereocenters. The van der Waals surface area contributed by atoms with Crippen molar-refractivity contribution in [3.8, 4) is 0 Å². The summed E-state index contributed by atoms with van der Waals surface area (Å²) in [7, 11) is 0. The summed E-state index contributed by atoms with van der Waals surface area (Å²) in [6.45, 7) is 1.88. The number of carbonyl (C=O) groups excluding carboxylic acids is 2. The number of halogens is 2. The highest BCUT2D eigenvalue weighted by Gasteiger charge is 2.47. The molecule has 1 amide bonds. The standard InChI is InChI=1S/C24H17F2NO3/c1-14-6-12-17(13-7-14)27-21(18-4-2-3-5-19(18)26)20(23(29)24(27)30)22(28)15-8-10-16(25)11-9-15/h2-13,21,28H,1H3/b22-20-. The van der Waals surface area contributed by atoms with E-state index in [1.54, 1.807) is 30.3 Å². The maximum absolute atomic E-state index is 14.7. The Hall–Kier alpha value is -3.80. The number of amides is 1. The van der Waals surface area contributed by atoms with E-state index in [1.807, 2.05) is 6.92 Å². The van der Waals surface area contributed by atoms with Crippen LogP contribution in [0.5, 0.6) is 0 Å². The van der Waals surface area contributed by atoms with Crippen molar-refractivity contribution in [3.05, 3.63) is 107 Å². The summed E-state index contributed by atoms with van der Waals surface area (Å²) in [6, 6.07) is 16.3. The van der Waals surface area contributed by atoms with Crippen molar-refractivity contribution < 1.29 is 23.5 Å². The predicted octanol–water partition coefficient (Wildman–Crippen LogP) is 4.90. The summed E-state index contributed by atoms with van der Waals surface area (Å²) in [5.74, 6) is -3.44. The average molecular weight is 405 g/mol. The maximum Gasteiger partial charge on any atom is 0.300 e. The van der Waals surface area contributed by atoms with E-state index in [-0.39, 0.29) is 16.7 Å². The van der Waals surface area contributed by atoms with Gasteiger partial charge >= 0.3 is 0 Å². The molecule has 0 spiro atoms. The van der Waals surface area contributed by atoms with E-state index in [4.69, 9.17) is 0 Å². The number of rotatable bonds is 3. The Bertz CT molecular complexity index is 1170. The van der Waals surface area contributed by atoms with Crippen LogP contribution in [0.15, 0.2) is 78.4 Å². The van der Waals surface area contributed by atoms with Crippen LogP contribution in [0.2, 0.25) is 0 Å². The van der Waals surface area contributed by atoms with Crippen molar-refractivity contribution in [1.82, 2.24) is 0 Å². The van der Waals surface area contributed by atoms with Crippen LogP contribution in [0.4, 0.5) is 14.5 Å². The zero-order valence-corrected chi connectivity index (χ0v) is 16.0. The van der Waals surface area contributed by atoms with E-state index >= 15 is 0 Å². The third-order valence-electron chi connectivity index (χ3n) is 5.07. The number of aliphatic hydroxyl groups is 1. The molecule has 1 fully saturated rings. The van der Waals surface area contributed by atoms with Crippen LogP contribution >= 0.6 is 0 Å². The Kier molecular flexibility index (Phi) is 4.91. The van der Waals surface area contributed by atoms with Gasteiger partial charge in [-0.15, -0.1) is 0 Å². The lowest BCUT2D eigenvalue weighted by molar-refractivity contribution is -0.132. The van der Waals surface area contributed by atoms with Gasteiger partial charge < -0.3 is 5.11 Å². The van der Waals surface area contributed by atoms with E-state index in [2.05, 4.69) is 0 Å². The zero-order chi connectivity index (χ0) is 21.4. The Morgan fingerprint density at radius 2 is 1.53 bits per heavy atom. The highest BCUT2D eigenvalue weighted by molar-refractivity contribution is 6.51. The topological polar surface area (TPSA) is 57.6 Å². The Morgan fingerprint density at radius 3 is 2.17 bits per heavy atom. The van der Waals surface area contributed by atoms with E-state index in [9.17, 15) is 23.5 Å². The molecule has 0 bridgehead atoms. The second-order valence-corrected chi connectivity index (χ2v) is 7.03. The zero-order valence-electron chi connectivity index (χ0n) is 16.0. The lowest BCUT2D eigenvalue weighted by Crippen LogP contribution is -2.29. The van der Waals surface area contributed by atoms with Crippen molar-refractivity contribution in [3.63, 3.8) is 0 Å². The largest absolute Gasteiger partial charge is 0.507 e. The summed E-state index contributed by atoms with van der Waals surface area (Å²) in [5.41, 5.74) is 1.32. The molecule has 1 aliphatic heterocycles. The SMILES string of the molecule is Cc1ccc(N2C(=O)C(=O)/C(=C(\O)c3ccc(F)cc3)C2c2ccccc2F)cc1. The number of carbonyl (C=O) groups is 2. The minimum absolute atomic E-state index is 0.0703. The van der Waals surface area contributed by atoms with Gasteiger partial charge in [0.25, 0.3) is 11.7 Å². The molecule has 3 aromatic carbocycles. The monoisotopic (exact) mass is 405 g/mol. The quantitative estimate of drug-likeness (QED) is 0.383. The molecule has 6 heteroatoms. The molecule has 4 nitrogen and oxygen atoms in total. The molecule has 0 radical (unpaired) electrons. The van der Waals surface area contributed by atoms with Gasteiger partial charge in [-0.2, -0.15) is 0 Å². The van der Waals surface area contributed by atoms with Gasteiger partial charge in [0, 0.05) is 16.8 Å². The fourth-order valence-corrected chi connectivity index (χ4v) is 3.56. The molecule has 0 saturated carbocycles. The van der Waals surface area contributed by atoms with Crippen LogP contribution < -0.4 is 4.90 Å². The lowest BCUT2D eigenvalue weighted by Gasteiger charge is -2.25. The molecule has 0 aliphatic carbocycles. The minimum Gasteiger partial charge on any atom is -0.507 e. The molecule has 0 aromatic heterocycles. The first kappa shape index (κ1) is 19.5. The molecule has 1 atom stereocenters. The summed E-state index contributed by atoms with van der Waals surface area (Å²) < 4.78 is 28.0. The lowest BCUT2D eigenvalue weighted by atomic mass is 9.94. The van der Waals surface area contributed by atoms with Crippen LogP contribution in [-0.2, 0) is 9.59 Å². The molecule has 4 rings (SSSR count). The van der Waals surface area contributed by atoms with Crippen molar-refractivity contribution in [2.45, 2.75) is 13.0 Å². The number of aryl methyl sites for hydroxylation is 1. The van der Waals surface area contributed by atoms with Gasteiger partial charge in [0.1, 0.15) is 17.4 Å². The van der Waals surface area contributed by atoms with Crippen LogP contribution in [0.25, 0.3) is 5.76 Å². The fourth-order valence-electron chi connectivity index (χ4n) is 3.56. The third kappa shape index (κ3) is 3.26. The fraction of sp³-hybridized carbons (Fsp3) is 0.0833. The van der Waals surface area contributed by atoms with Crippen LogP contribution in [0.3, 0.4) is 0 Å². The van der Waals surface area contributed by atoms with Crippen LogP contribution in [-0.4, -0.2) is 16.8 Å². The van der Waals surface area contributed by atoms with Crippen LogP contribution in [0, 0.1) is 18.6 Å². The summed E-state index contributed by atoms with van der Waals surface area (Å²) in [6.07, 6.45) is 0. The maximum atomic E-state index is 14.7. The molecule has 1 aliphatic rings. The van der Waals surface area contributed by atoms with Gasteiger partial charge in [-0.25, -0.2) is 8.78 Å². The normalized spacial score (nSPS) is 18.1. The predicted molar refractivity (Wildman–Crippen MR) is 109 cm³/mol. The number of hydrogen-bond acceptors (Lipinski definition) is 3. The van der Waals surface area contributed by atoms with E-state index in [0.717, 1.165) is 17.7 Å². The Morgan fingerprint density at radius 1 is 0.900 bits per heavy atom.